The Hall–Kier alpha value is 0.110. The molecule has 0 N–H and O–H groups in total. The fraction of sp³-hybridized carbons (Fsp3) is 1.00. The van der Waals surface area contributed by atoms with Crippen molar-refractivity contribution < 1.29 is 8.39 Å². The molecule has 1 unspecified atom stereocenters. The molecule has 0 saturated carbocycles. The molecule has 0 bridgehead atoms. The maximum Gasteiger partial charge on any atom is 0.155 e. The Morgan fingerprint density at radius 2 is 2.00 bits per heavy atom. The Kier molecular flexibility index (Phi) is 7.30. The van der Waals surface area contributed by atoms with Gasteiger partial charge in [-0.15, -0.1) is 0 Å². The average Bonchev–Trinajstić information content (AvgIpc) is 1.89. The molecule has 3 heteroatoms. The molecule has 0 fully saturated rings. The van der Waals surface area contributed by atoms with Gasteiger partial charge in [-0.3, -0.25) is 4.18 Å². The van der Waals surface area contributed by atoms with Crippen LogP contribution in [-0.4, -0.2) is 16.6 Å². The first-order chi connectivity index (χ1) is 4.81. The zero-order valence-electron chi connectivity index (χ0n) is 6.76. The summed E-state index contributed by atoms with van der Waals surface area (Å²) in [6.45, 7) is 4.54. The van der Waals surface area contributed by atoms with Gasteiger partial charge in [-0.25, -0.2) is 4.21 Å². The van der Waals surface area contributed by atoms with Crippen molar-refractivity contribution in [1.82, 2.24) is 0 Å². The van der Waals surface area contributed by atoms with E-state index in [1.807, 2.05) is 6.92 Å². The summed E-state index contributed by atoms with van der Waals surface area (Å²) in [6.07, 6.45) is 3.34. The van der Waals surface area contributed by atoms with Crippen molar-refractivity contribution in [3.05, 3.63) is 0 Å². The molecule has 0 amide bonds. The summed E-state index contributed by atoms with van der Waals surface area (Å²) in [5, 5.41) is 0. The molecule has 0 rings (SSSR count). The minimum Gasteiger partial charge on any atom is -0.291 e. The van der Waals surface area contributed by atoms with Crippen LogP contribution < -0.4 is 0 Å². The Labute approximate surface area is 65.6 Å². The highest BCUT2D eigenvalue weighted by Crippen LogP contribution is 1.96. The van der Waals surface area contributed by atoms with E-state index < -0.39 is 11.1 Å². The van der Waals surface area contributed by atoms with Crippen molar-refractivity contribution in [1.29, 1.82) is 0 Å². The van der Waals surface area contributed by atoms with Crippen LogP contribution in [0.1, 0.15) is 33.1 Å². The Balaban J connectivity index is 3.05. The van der Waals surface area contributed by atoms with Gasteiger partial charge >= 0.3 is 0 Å². The maximum absolute atomic E-state index is 10.8. The molecule has 2 nitrogen and oxygen atoms in total. The summed E-state index contributed by atoms with van der Waals surface area (Å²) in [7, 11) is 0. The van der Waals surface area contributed by atoms with E-state index in [0.717, 1.165) is 12.8 Å². The standard InChI is InChI=1S/C7H16O2S/c1-3-5-6-7-10(8)9-4-2/h3-7H2,1-2H3. The van der Waals surface area contributed by atoms with E-state index >= 15 is 0 Å². The van der Waals surface area contributed by atoms with Gasteiger partial charge in [0.1, 0.15) is 0 Å². The summed E-state index contributed by atoms with van der Waals surface area (Å²) >= 11 is -1.02. The molecule has 0 aromatic heterocycles. The smallest absolute Gasteiger partial charge is 0.155 e. The van der Waals surface area contributed by atoms with Crippen molar-refractivity contribution >= 4 is 11.1 Å². The molecular weight excluding hydrogens is 148 g/mol. The van der Waals surface area contributed by atoms with Gasteiger partial charge in [0.2, 0.25) is 0 Å². The highest BCUT2D eigenvalue weighted by atomic mass is 32.2. The van der Waals surface area contributed by atoms with Crippen LogP contribution in [0.15, 0.2) is 0 Å². The fourth-order valence-electron chi connectivity index (χ4n) is 0.660. The summed E-state index contributed by atoms with van der Waals surface area (Å²) in [4.78, 5) is 0. The minimum atomic E-state index is -1.02. The molecule has 0 aliphatic rings. The van der Waals surface area contributed by atoms with Crippen LogP contribution in [0, 0.1) is 0 Å². The predicted octanol–water partition coefficient (Wildman–Crippen LogP) is 1.88. The van der Waals surface area contributed by atoms with Crippen LogP contribution >= 0.6 is 0 Å². The van der Waals surface area contributed by atoms with E-state index in [4.69, 9.17) is 4.18 Å². The normalized spacial score (nSPS) is 13.4. The number of hydrogen-bond donors (Lipinski definition) is 0. The van der Waals surface area contributed by atoms with Gasteiger partial charge in [0.05, 0.1) is 6.61 Å². The largest absolute Gasteiger partial charge is 0.291 e. The molecule has 1 atom stereocenters. The second-order valence-corrected chi connectivity index (χ2v) is 3.37. The average molecular weight is 164 g/mol. The van der Waals surface area contributed by atoms with Crippen molar-refractivity contribution in [2.75, 3.05) is 12.4 Å². The number of hydrogen-bond acceptors (Lipinski definition) is 2. The highest BCUT2D eigenvalue weighted by Gasteiger charge is 1.96. The Bertz CT molecular complexity index is 93.6. The second-order valence-electron chi connectivity index (χ2n) is 2.12. The summed E-state index contributed by atoms with van der Waals surface area (Å²) in [5.74, 6) is 0.696. The van der Waals surface area contributed by atoms with E-state index in [1.165, 1.54) is 6.42 Å². The number of rotatable bonds is 6. The quantitative estimate of drug-likeness (QED) is 0.560. The van der Waals surface area contributed by atoms with Gasteiger partial charge in [0.15, 0.2) is 11.1 Å². The van der Waals surface area contributed by atoms with Crippen LogP contribution in [0.5, 0.6) is 0 Å². The lowest BCUT2D eigenvalue weighted by molar-refractivity contribution is 0.371. The molecule has 0 aliphatic carbocycles. The van der Waals surface area contributed by atoms with Gasteiger partial charge in [-0.2, -0.15) is 0 Å². The van der Waals surface area contributed by atoms with Crippen LogP contribution in [0.25, 0.3) is 0 Å². The van der Waals surface area contributed by atoms with E-state index in [2.05, 4.69) is 6.92 Å². The zero-order chi connectivity index (χ0) is 7.82. The monoisotopic (exact) mass is 164 g/mol. The fourth-order valence-corrected chi connectivity index (χ4v) is 1.48. The van der Waals surface area contributed by atoms with Crippen molar-refractivity contribution in [3.8, 4) is 0 Å². The Morgan fingerprint density at radius 3 is 2.50 bits per heavy atom. The lowest BCUT2D eigenvalue weighted by atomic mass is 10.3. The van der Waals surface area contributed by atoms with Crippen molar-refractivity contribution in [3.63, 3.8) is 0 Å². The van der Waals surface area contributed by atoms with E-state index in [1.54, 1.807) is 0 Å². The van der Waals surface area contributed by atoms with Gasteiger partial charge < -0.3 is 0 Å². The van der Waals surface area contributed by atoms with E-state index in [0.29, 0.717) is 12.4 Å². The minimum absolute atomic E-state index is 0.554. The zero-order valence-corrected chi connectivity index (χ0v) is 7.58. The molecule has 0 saturated heterocycles. The third-order valence-electron chi connectivity index (χ3n) is 1.16. The lowest BCUT2D eigenvalue weighted by Gasteiger charge is -1.98. The van der Waals surface area contributed by atoms with E-state index in [9.17, 15) is 4.21 Å². The van der Waals surface area contributed by atoms with Crippen LogP contribution in [0.2, 0.25) is 0 Å². The highest BCUT2D eigenvalue weighted by molar-refractivity contribution is 7.80. The topological polar surface area (TPSA) is 26.3 Å². The summed E-state index contributed by atoms with van der Waals surface area (Å²) in [6, 6.07) is 0. The van der Waals surface area contributed by atoms with Gasteiger partial charge in [-0.05, 0) is 13.3 Å². The third kappa shape index (κ3) is 6.23. The third-order valence-corrected chi connectivity index (χ3v) is 2.28. The van der Waals surface area contributed by atoms with Gasteiger partial charge in [0.25, 0.3) is 0 Å². The molecule has 0 spiro atoms. The van der Waals surface area contributed by atoms with Crippen LogP contribution in [0.4, 0.5) is 0 Å². The second kappa shape index (κ2) is 7.22. The summed E-state index contributed by atoms with van der Waals surface area (Å²) < 4.78 is 15.7. The van der Waals surface area contributed by atoms with Gasteiger partial charge in [-0.1, -0.05) is 19.8 Å². The lowest BCUT2D eigenvalue weighted by Crippen LogP contribution is -2.01. The maximum atomic E-state index is 10.8. The molecule has 62 valence electrons. The molecule has 10 heavy (non-hydrogen) atoms. The first-order valence-corrected chi connectivity index (χ1v) is 5.07. The van der Waals surface area contributed by atoms with Gasteiger partial charge in [0, 0.05) is 5.75 Å². The van der Waals surface area contributed by atoms with E-state index in [-0.39, 0.29) is 0 Å². The Morgan fingerprint density at radius 1 is 1.30 bits per heavy atom. The first-order valence-electron chi connectivity index (χ1n) is 3.82. The van der Waals surface area contributed by atoms with Crippen LogP contribution in [-0.2, 0) is 15.3 Å². The van der Waals surface area contributed by atoms with Crippen molar-refractivity contribution in [2.24, 2.45) is 0 Å². The molecule has 0 aromatic rings. The summed E-state index contributed by atoms with van der Waals surface area (Å²) in [5.41, 5.74) is 0. The number of unbranched alkanes of at least 4 members (excludes halogenated alkanes) is 2. The predicted molar refractivity (Wildman–Crippen MR) is 44.2 cm³/mol. The molecular formula is C7H16O2S. The molecule has 0 aromatic carbocycles. The molecule has 0 heterocycles. The molecule has 0 radical (unpaired) electrons. The van der Waals surface area contributed by atoms with Crippen molar-refractivity contribution in [2.45, 2.75) is 33.1 Å². The SMILES string of the molecule is CCCCCS(=O)OCC. The first kappa shape index (κ1) is 10.1. The molecule has 0 aliphatic heterocycles. The van der Waals surface area contributed by atoms with Crippen LogP contribution in [0.3, 0.4) is 0 Å².